The molecule has 0 bridgehead atoms. The van der Waals surface area contributed by atoms with E-state index in [0.29, 0.717) is 19.8 Å². The molecule has 52 heavy (non-hydrogen) atoms. The largest absolute Gasteiger partial charge is 0.497 e. The molecule has 0 amide bonds. The maximum atomic E-state index is 11.6. The van der Waals surface area contributed by atoms with E-state index in [9.17, 15) is 5.11 Å². The molecule has 5 atom stereocenters. The molecular formula is C44H79NO7. The maximum Gasteiger partial charge on any atom is 0.192 e. The first-order valence-electron chi connectivity index (χ1n) is 21.4. The number of hydrogen-bond acceptors (Lipinski definition) is 8. The number of rotatable bonds is 34. The topological polar surface area (TPSA) is 88.0 Å². The van der Waals surface area contributed by atoms with Crippen LogP contribution in [0.25, 0.3) is 0 Å². The zero-order valence-corrected chi connectivity index (χ0v) is 34.1. The fraction of sp³-hybridized carbons (Fsp3) is 0.841. The number of oxime groups is 1. The fourth-order valence-electron chi connectivity index (χ4n) is 7.16. The Bertz CT molecular complexity index is 972. The van der Waals surface area contributed by atoms with Crippen molar-refractivity contribution >= 4 is 6.21 Å². The molecule has 1 N–H and O–H groups in total. The summed E-state index contributed by atoms with van der Waals surface area (Å²) in [6, 6.07) is 7.82. The Kier molecular flexibility index (Phi) is 27.3. The summed E-state index contributed by atoms with van der Waals surface area (Å²) in [5.74, 6) is -0.802. The van der Waals surface area contributed by atoms with Gasteiger partial charge >= 0.3 is 0 Å². The van der Waals surface area contributed by atoms with Crippen molar-refractivity contribution in [3.63, 3.8) is 0 Å². The van der Waals surface area contributed by atoms with E-state index in [4.69, 9.17) is 28.5 Å². The van der Waals surface area contributed by atoms with Crippen molar-refractivity contribution in [2.24, 2.45) is 5.16 Å². The highest BCUT2D eigenvalue weighted by molar-refractivity contribution is 5.64. The van der Waals surface area contributed by atoms with Gasteiger partial charge in [-0.2, -0.15) is 0 Å². The van der Waals surface area contributed by atoms with Gasteiger partial charge in [-0.3, -0.25) is 0 Å². The van der Waals surface area contributed by atoms with Crippen molar-refractivity contribution < 1.29 is 33.6 Å². The molecule has 0 spiro atoms. The molecule has 1 aromatic carbocycles. The molecule has 1 aliphatic rings. The monoisotopic (exact) mass is 734 g/mol. The summed E-state index contributed by atoms with van der Waals surface area (Å²) >= 11 is 0. The molecule has 8 nitrogen and oxygen atoms in total. The van der Waals surface area contributed by atoms with Gasteiger partial charge in [0.05, 0.1) is 19.9 Å². The van der Waals surface area contributed by atoms with Crippen LogP contribution in [0.2, 0.25) is 0 Å². The van der Waals surface area contributed by atoms with Crippen LogP contribution >= 0.6 is 0 Å². The third-order valence-corrected chi connectivity index (χ3v) is 10.4. The lowest BCUT2D eigenvalue weighted by atomic mass is 9.92. The third kappa shape index (κ3) is 20.7. The number of unbranched alkanes of at least 4 members (excludes halogenated alkanes) is 22. The lowest BCUT2D eigenvalue weighted by molar-refractivity contribution is -0.344. The minimum Gasteiger partial charge on any atom is -0.497 e. The molecule has 1 aliphatic heterocycles. The molecule has 2 rings (SSSR count). The van der Waals surface area contributed by atoms with Gasteiger partial charge < -0.3 is 33.6 Å². The smallest absolute Gasteiger partial charge is 0.192 e. The van der Waals surface area contributed by atoms with E-state index < -0.39 is 30.2 Å². The first-order chi connectivity index (χ1) is 25.5. The lowest BCUT2D eigenvalue weighted by Gasteiger charge is -2.48. The predicted molar refractivity (Wildman–Crippen MR) is 214 cm³/mol. The number of ether oxygens (including phenoxy) is 5. The molecule has 0 aliphatic carbocycles. The van der Waals surface area contributed by atoms with Crippen LogP contribution in [0.4, 0.5) is 0 Å². The van der Waals surface area contributed by atoms with Crippen molar-refractivity contribution in [1.82, 2.24) is 0 Å². The van der Waals surface area contributed by atoms with Crippen molar-refractivity contribution in [3.8, 4) is 5.75 Å². The quantitative estimate of drug-likeness (QED) is 0.0428. The molecule has 0 aromatic heterocycles. The van der Waals surface area contributed by atoms with Crippen LogP contribution in [0.1, 0.15) is 180 Å². The van der Waals surface area contributed by atoms with Crippen molar-refractivity contribution in [1.29, 1.82) is 0 Å². The zero-order chi connectivity index (χ0) is 37.5. The van der Waals surface area contributed by atoms with Gasteiger partial charge in [-0.15, -0.1) is 0 Å². The predicted octanol–water partition coefficient (Wildman–Crippen LogP) is 11.5. The van der Waals surface area contributed by atoms with Crippen LogP contribution in [0.15, 0.2) is 29.4 Å². The number of aliphatic hydroxyl groups is 1. The second-order valence-corrected chi connectivity index (χ2v) is 15.1. The van der Waals surface area contributed by atoms with Crippen LogP contribution in [-0.4, -0.2) is 69.0 Å². The number of hydrogen-bond donors (Lipinski definition) is 1. The van der Waals surface area contributed by atoms with Gasteiger partial charge in [-0.25, -0.2) is 0 Å². The first kappa shape index (κ1) is 46.4. The highest BCUT2D eigenvalue weighted by atomic mass is 16.7. The summed E-state index contributed by atoms with van der Waals surface area (Å²) in [7, 11) is 3.15. The van der Waals surface area contributed by atoms with E-state index in [0.717, 1.165) is 37.0 Å². The van der Waals surface area contributed by atoms with Crippen LogP contribution in [0.3, 0.4) is 0 Å². The molecule has 1 heterocycles. The number of methoxy groups -OCH3 is 1. The van der Waals surface area contributed by atoms with Crippen LogP contribution in [-0.2, 0) is 30.4 Å². The van der Waals surface area contributed by atoms with Gasteiger partial charge in [-0.1, -0.05) is 172 Å². The zero-order valence-electron chi connectivity index (χ0n) is 34.1. The Morgan fingerprint density at radius 3 is 1.50 bits per heavy atom. The number of benzene rings is 1. The van der Waals surface area contributed by atoms with E-state index in [1.807, 2.05) is 24.3 Å². The average molecular weight is 734 g/mol. The summed E-state index contributed by atoms with van der Waals surface area (Å²) in [5, 5.41) is 15.6. The summed E-state index contributed by atoms with van der Waals surface area (Å²) in [6.07, 6.45) is 29.8. The van der Waals surface area contributed by atoms with Gasteiger partial charge in [-0.05, 0) is 37.5 Å². The Labute approximate surface area is 319 Å². The van der Waals surface area contributed by atoms with Crippen molar-refractivity contribution in [2.75, 3.05) is 27.4 Å². The number of nitrogens with zero attached hydrogens (tertiary/aromatic N) is 1. The van der Waals surface area contributed by atoms with Crippen LogP contribution in [0.5, 0.6) is 5.75 Å². The molecular weight excluding hydrogens is 654 g/mol. The van der Waals surface area contributed by atoms with Gasteiger partial charge in [0.25, 0.3) is 0 Å². The molecule has 1 saturated heterocycles. The summed E-state index contributed by atoms with van der Waals surface area (Å²) in [5.41, 5.74) is 0.995. The highest BCUT2D eigenvalue weighted by Gasteiger charge is 2.53. The van der Waals surface area contributed by atoms with Gasteiger partial charge in [0, 0.05) is 13.2 Å². The van der Waals surface area contributed by atoms with E-state index in [-0.39, 0.29) is 0 Å². The molecule has 1 fully saturated rings. The Morgan fingerprint density at radius 1 is 0.615 bits per heavy atom. The summed E-state index contributed by atoms with van der Waals surface area (Å²) in [6.45, 7) is 7.63. The SMILES string of the molecule is CCCCCCCCCCCCCCO[C@H]1[C@H](OCc2ccc(OC)cc2)[C@@H](C=NOC)O[C@](C)(O)[C@@H]1OCCCCCCCCCCCCCC. The second-order valence-electron chi connectivity index (χ2n) is 15.1. The Hall–Kier alpha value is -1.71. The summed E-state index contributed by atoms with van der Waals surface area (Å²) < 4.78 is 31.2. The molecule has 0 radical (unpaired) electrons. The van der Waals surface area contributed by atoms with E-state index in [1.54, 1.807) is 20.2 Å². The molecule has 8 heteroatoms. The van der Waals surface area contributed by atoms with Crippen molar-refractivity contribution in [3.05, 3.63) is 29.8 Å². The lowest BCUT2D eigenvalue weighted by Crippen LogP contribution is -2.65. The minimum atomic E-state index is -1.59. The second kappa shape index (κ2) is 30.6. The summed E-state index contributed by atoms with van der Waals surface area (Å²) in [4.78, 5) is 5.01. The normalized spacial score (nSPS) is 22.0. The average Bonchev–Trinajstić information content (AvgIpc) is 3.14. The molecule has 0 unspecified atom stereocenters. The highest BCUT2D eigenvalue weighted by Crippen LogP contribution is 2.34. The van der Waals surface area contributed by atoms with Gasteiger partial charge in [0.1, 0.15) is 37.3 Å². The first-order valence-corrected chi connectivity index (χ1v) is 21.4. The van der Waals surface area contributed by atoms with Crippen molar-refractivity contribution in [2.45, 2.75) is 212 Å². The van der Waals surface area contributed by atoms with Crippen LogP contribution in [0, 0.1) is 0 Å². The molecule has 1 aromatic rings. The molecule has 0 saturated carbocycles. The fourth-order valence-corrected chi connectivity index (χ4v) is 7.16. The Balaban J connectivity index is 1.93. The van der Waals surface area contributed by atoms with Gasteiger partial charge in [0.2, 0.25) is 0 Å². The van der Waals surface area contributed by atoms with Crippen LogP contribution < -0.4 is 4.74 Å². The third-order valence-electron chi connectivity index (χ3n) is 10.4. The maximum absolute atomic E-state index is 11.6. The van der Waals surface area contributed by atoms with E-state index in [1.165, 1.54) is 136 Å². The van der Waals surface area contributed by atoms with Gasteiger partial charge in [0.15, 0.2) is 5.79 Å². The Morgan fingerprint density at radius 2 is 1.06 bits per heavy atom. The minimum absolute atomic E-state index is 0.335. The van der Waals surface area contributed by atoms with E-state index in [2.05, 4.69) is 19.0 Å². The van der Waals surface area contributed by atoms with E-state index >= 15 is 0 Å². The molecule has 302 valence electrons. The standard InChI is InChI=1S/C44H79NO7/c1-6-8-10-12-14-16-18-20-22-24-26-28-34-49-42-41(51-37-38-30-32-39(47-4)33-31-38)40(36-45-48-5)52-44(3,46)43(42)50-35-29-27-25-23-21-19-17-15-13-11-9-7-2/h30-33,36,40-43,46H,6-29,34-35,37H2,1-5H3/t40-,41-,42+,43-,44+/m1/s1.